The third-order valence-electron chi connectivity index (χ3n) is 0.959. The standard InChI is InChI=1S/C5H4F7N/c1-2-3(6)13(4(7,8)9)5(10,11)12/h2H,1H3. The van der Waals surface area contributed by atoms with Crippen LogP contribution in [0.25, 0.3) is 0 Å². The van der Waals surface area contributed by atoms with Crippen molar-refractivity contribution in [3.8, 4) is 0 Å². The van der Waals surface area contributed by atoms with Crippen LogP contribution in [-0.2, 0) is 0 Å². The van der Waals surface area contributed by atoms with Crippen molar-refractivity contribution in [2.75, 3.05) is 0 Å². The van der Waals surface area contributed by atoms with Gasteiger partial charge in [-0.2, -0.15) is 9.29 Å². The van der Waals surface area contributed by atoms with E-state index in [-0.39, 0.29) is 6.08 Å². The molecule has 0 heterocycles. The van der Waals surface area contributed by atoms with E-state index in [1.165, 1.54) is 0 Å². The summed E-state index contributed by atoms with van der Waals surface area (Å²) in [6, 6.07) is 0. The Morgan fingerprint density at radius 2 is 1.31 bits per heavy atom. The monoisotopic (exact) mass is 211 g/mol. The first-order valence-electron chi connectivity index (χ1n) is 2.86. The third kappa shape index (κ3) is 3.11. The van der Waals surface area contributed by atoms with Crippen molar-refractivity contribution in [3.05, 3.63) is 12.0 Å². The van der Waals surface area contributed by atoms with Crippen molar-refractivity contribution in [2.24, 2.45) is 0 Å². The highest BCUT2D eigenvalue weighted by molar-refractivity contribution is 4.91. The Bertz CT molecular complexity index is 186. The summed E-state index contributed by atoms with van der Waals surface area (Å²) >= 11 is 0. The van der Waals surface area contributed by atoms with E-state index in [9.17, 15) is 30.7 Å². The molecule has 0 aliphatic carbocycles. The Hall–Kier alpha value is -0.950. The maximum absolute atomic E-state index is 12.1. The number of alkyl halides is 6. The van der Waals surface area contributed by atoms with Crippen LogP contribution in [0.1, 0.15) is 6.92 Å². The van der Waals surface area contributed by atoms with Crippen molar-refractivity contribution in [1.82, 2.24) is 4.90 Å². The molecule has 0 aliphatic heterocycles. The Labute approximate surface area is 68.4 Å². The minimum absolute atomic E-state index is 0.0704. The van der Waals surface area contributed by atoms with Crippen molar-refractivity contribution in [3.63, 3.8) is 0 Å². The highest BCUT2D eigenvalue weighted by Crippen LogP contribution is 2.37. The summed E-state index contributed by atoms with van der Waals surface area (Å²) in [5.74, 6) is -2.40. The van der Waals surface area contributed by atoms with Crippen LogP contribution < -0.4 is 0 Å². The molecule has 78 valence electrons. The summed E-state index contributed by atoms with van der Waals surface area (Å²) in [6.45, 7) is 0.722. The van der Waals surface area contributed by atoms with Gasteiger partial charge in [0, 0.05) is 0 Å². The lowest BCUT2D eigenvalue weighted by atomic mass is 10.6. The molecule has 0 amide bonds. The zero-order valence-electron chi connectivity index (χ0n) is 6.17. The van der Waals surface area contributed by atoms with Gasteiger partial charge in [-0.05, 0) is 13.0 Å². The first kappa shape index (κ1) is 12.0. The average molecular weight is 211 g/mol. The summed E-state index contributed by atoms with van der Waals surface area (Å²) in [6.07, 6.45) is -11.6. The minimum atomic E-state index is -5.81. The van der Waals surface area contributed by atoms with Gasteiger partial charge < -0.3 is 0 Å². The second-order valence-electron chi connectivity index (χ2n) is 1.88. The molecule has 0 N–H and O–H groups in total. The molecule has 0 aromatic carbocycles. The van der Waals surface area contributed by atoms with Crippen molar-refractivity contribution < 1.29 is 30.7 Å². The summed E-state index contributed by atoms with van der Waals surface area (Å²) in [5, 5.41) is 0. The normalized spacial score (nSPS) is 14.6. The van der Waals surface area contributed by atoms with Crippen molar-refractivity contribution in [2.45, 2.75) is 19.5 Å². The SMILES string of the molecule is CC=C(F)N(C(F)(F)F)C(F)(F)F. The molecular weight excluding hydrogens is 207 g/mol. The van der Waals surface area contributed by atoms with Crippen LogP contribution >= 0.6 is 0 Å². The molecule has 0 spiro atoms. The highest BCUT2D eigenvalue weighted by Gasteiger charge is 2.55. The van der Waals surface area contributed by atoms with Crippen LogP contribution in [-0.4, -0.2) is 17.5 Å². The highest BCUT2D eigenvalue weighted by atomic mass is 19.4. The molecule has 0 aromatic heterocycles. The van der Waals surface area contributed by atoms with Crippen LogP contribution in [0.4, 0.5) is 30.7 Å². The zero-order valence-corrected chi connectivity index (χ0v) is 6.17. The van der Waals surface area contributed by atoms with Crippen LogP contribution in [0, 0.1) is 0 Å². The molecule has 0 radical (unpaired) electrons. The fourth-order valence-electron chi connectivity index (χ4n) is 0.515. The van der Waals surface area contributed by atoms with E-state index in [2.05, 4.69) is 0 Å². The zero-order chi connectivity index (χ0) is 10.9. The molecule has 0 saturated heterocycles. The van der Waals surface area contributed by atoms with Crippen LogP contribution in [0.5, 0.6) is 0 Å². The second-order valence-corrected chi connectivity index (χ2v) is 1.88. The van der Waals surface area contributed by atoms with E-state index >= 15 is 0 Å². The topological polar surface area (TPSA) is 3.24 Å². The fraction of sp³-hybridized carbons (Fsp3) is 0.600. The Balaban J connectivity index is 5.01. The molecule has 13 heavy (non-hydrogen) atoms. The van der Waals surface area contributed by atoms with Crippen LogP contribution in [0.3, 0.4) is 0 Å². The van der Waals surface area contributed by atoms with Gasteiger partial charge in [-0.15, -0.1) is 26.3 Å². The molecule has 0 aliphatic rings. The van der Waals surface area contributed by atoms with Crippen molar-refractivity contribution >= 4 is 0 Å². The maximum Gasteiger partial charge on any atom is 0.493 e. The Morgan fingerprint density at radius 1 is 1.00 bits per heavy atom. The molecule has 0 fully saturated rings. The van der Waals surface area contributed by atoms with Gasteiger partial charge in [-0.25, -0.2) is 0 Å². The predicted octanol–water partition coefficient (Wildman–Crippen LogP) is 3.16. The average Bonchev–Trinajstić information content (AvgIpc) is 1.80. The van der Waals surface area contributed by atoms with Crippen molar-refractivity contribution in [1.29, 1.82) is 0 Å². The molecule has 8 heteroatoms. The number of halogens is 7. The predicted molar refractivity (Wildman–Crippen MR) is 28.8 cm³/mol. The molecule has 1 nitrogen and oxygen atoms in total. The molecule has 0 aromatic rings. The molecule has 0 rings (SSSR count). The molecule has 0 unspecified atom stereocenters. The largest absolute Gasteiger partial charge is 0.493 e. The van der Waals surface area contributed by atoms with E-state index in [4.69, 9.17) is 0 Å². The Morgan fingerprint density at radius 3 is 1.38 bits per heavy atom. The molecule has 0 saturated carbocycles. The fourth-order valence-corrected chi connectivity index (χ4v) is 0.515. The van der Waals surface area contributed by atoms with E-state index < -0.39 is 23.5 Å². The van der Waals surface area contributed by atoms with Gasteiger partial charge >= 0.3 is 12.6 Å². The van der Waals surface area contributed by atoms with E-state index in [0.29, 0.717) is 0 Å². The first-order valence-corrected chi connectivity index (χ1v) is 2.86. The number of hydrogen-bond donors (Lipinski definition) is 0. The minimum Gasteiger partial charge on any atom is -0.187 e. The van der Waals surface area contributed by atoms with Gasteiger partial charge in [-0.1, -0.05) is 0 Å². The van der Waals surface area contributed by atoms with E-state index in [1.54, 1.807) is 0 Å². The van der Waals surface area contributed by atoms with Gasteiger partial charge in [-0.3, -0.25) is 0 Å². The third-order valence-corrected chi connectivity index (χ3v) is 0.959. The molecule has 0 atom stereocenters. The second kappa shape index (κ2) is 3.43. The lowest BCUT2D eigenvalue weighted by Crippen LogP contribution is -2.46. The van der Waals surface area contributed by atoms with E-state index in [1.807, 2.05) is 0 Å². The summed E-state index contributed by atoms with van der Waals surface area (Å²) in [5.41, 5.74) is 0. The van der Waals surface area contributed by atoms with Gasteiger partial charge in [0.05, 0.1) is 0 Å². The smallest absolute Gasteiger partial charge is 0.187 e. The maximum atomic E-state index is 12.1. The number of rotatable bonds is 1. The number of hydrogen-bond acceptors (Lipinski definition) is 1. The molecule has 0 bridgehead atoms. The molecular formula is C5H4F7N. The summed E-state index contributed by atoms with van der Waals surface area (Å²) < 4.78 is 81.6. The summed E-state index contributed by atoms with van der Waals surface area (Å²) in [4.78, 5) is -2.21. The van der Waals surface area contributed by atoms with Gasteiger partial charge in [0.2, 0.25) is 0 Å². The Kier molecular flexibility index (Phi) is 3.18. The van der Waals surface area contributed by atoms with Crippen LogP contribution in [0.2, 0.25) is 0 Å². The van der Waals surface area contributed by atoms with Gasteiger partial charge in [0.25, 0.3) is 0 Å². The van der Waals surface area contributed by atoms with E-state index in [0.717, 1.165) is 6.92 Å². The lowest BCUT2D eigenvalue weighted by Gasteiger charge is -2.26. The quantitative estimate of drug-likeness (QED) is 0.475. The first-order chi connectivity index (χ1) is 5.60. The van der Waals surface area contributed by atoms with Gasteiger partial charge in [0.15, 0.2) is 5.95 Å². The van der Waals surface area contributed by atoms with Crippen LogP contribution in [0.15, 0.2) is 12.0 Å². The number of allylic oxidation sites excluding steroid dienone is 1. The lowest BCUT2D eigenvalue weighted by molar-refractivity contribution is -0.364. The van der Waals surface area contributed by atoms with Gasteiger partial charge in [0.1, 0.15) is 0 Å². The number of nitrogens with zero attached hydrogens (tertiary/aromatic N) is 1. The summed E-state index contributed by atoms with van der Waals surface area (Å²) in [7, 11) is 0.